The van der Waals surface area contributed by atoms with Crippen molar-refractivity contribution in [1.29, 1.82) is 0 Å². The highest BCUT2D eigenvalue weighted by molar-refractivity contribution is 6.09. The number of aldehydes is 1. The van der Waals surface area contributed by atoms with Gasteiger partial charge in [0, 0.05) is 17.3 Å². The Kier molecular flexibility index (Phi) is 5.60. The molecule has 0 unspecified atom stereocenters. The number of hydrogen-bond acceptors (Lipinski definition) is 4. The third-order valence-electron chi connectivity index (χ3n) is 4.54. The summed E-state index contributed by atoms with van der Waals surface area (Å²) in [5, 5.41) is 0. The molecule has 0 bridgehead atoms. The van der Waals surface area contributed by atoms with Crippen LogP contribution in [-0.4, -0.2) is 30.4 Å². The molecule has 5 nitrogen and oxygen atoms in total. The molecule has 0 fully saturated rings. The number of methoxy groups -OCH3 is 1. The van der Waals surface area contributed by atoms with E-state index in [-0.39, 0.29) is 6.61 Å². The standard InChI is InChI=1S/C22H23NO4/c1-4-8-15-10-11-19(26-3)16(13-15)20-18(14-24)23-12-7-6-9-17(23)21(20)22(25)27-5-2/h6-7,9-14H,4-5,8H2,1-3H3. The topological polar surface area (TPSA) is 57.0 Å². The van der Waals surface area contributed by atoms with Crippen LogP contribution < -0.4 is 4.74 Å². The van der Waals surface area contributed by atoms with E-state index in [1.807, 2.05) is 36.4 Å². The van der Waals surface area contributed by atoms with E-state index in [2.05, 4.69) is 6.92 Å². The van der Waals surface area contributed by atoms with Crippen LogP contribution >= 0.6 is 0 Å². The molecule has 5 heteroatoms. The molecule has 0 amide bonds. The molecule has 0 aliphatic rings. The molecule has 1 aromatic carbocycles. The number of benzene rings is 1. The van der Waals surface area contributed by atoms with E-state index >= 15 is 0 Å². The van der Waals surface area contributed by atoms with E-state index in [1.54, 1.807) is 24.6 Å². The summed E-state index contributed by atoms with van der Waals surface area (Å²) in [6.07, 6.45) is 4.44. The number of ether oxygens (including phenoxy) is 2. The molecule has 2 heterocycles. The third kappa shape index (κ3) is 3.33. The number of esters is 1. The number of aryl methyl sites for hydroxylation is 1. The molecule has 3 aromatic rings. The molecule has 0 radical (unpaired) electrons. The van der Waals surface area contributed by atoms with E-state index in [1.165, 1.54) is 0 Å². The van der Waals surface area contributed by atoms with E-state index in [0.717, 1.165) is 30.3 Å². The largest absolute Gasteiger partial charge is 0.496 e. The van der Waals surface area contributed by atoms with Gasteiger partial charge in [-0.15, -0.1) is 0 Å². The first-order valence-electron chi connectivity index (χ1n) is 9.08. The molecule has 3 rings (SSSR count). The second-order valence-corrected chi connectivity index (χ2v) is 6.21. The van der Waals surface area contributed by atoms with E-state index in [4.69, 9.17) is 9.47 Å². The van der Waals surface area contributed by atoms with Crippen molar-refractivity contribution in [2.75, 3.05) is 13.7 Å². The number of fused-ring (bicyclic) bond motifs is 1. The van der Waals surface area contributed by atoms with E-state index in [0.29, 0.717) is 28.1 Å². The molecule has 27 heavy (non-hydrogen) atoms. The molecule has 0 aliphatic carbocycles. The van der Waals surface area contributed by atoms with Gasteiger partial charge in [-0.2, -0.15) is 0 Å². The summed E-state index contributed by atoms with van der Waals surface area (Å²) in [7, 11) is 1.58. The van der Waals surface area contributed by atoms with Crippen LogP contribution in [0.25, 0.3) is 16.6 Å². The lowest BCUT2D eigenvalue weighted by molar-refractivity contribution is 0.0529. The average molecular weight is 365 g/mol. The summed E-state index contributed by atoms with van der Waals surface area (Å²) >= 11 is 0. The number of aromatic nitrogens is 1. The van der Waals surface area contributed by atoms with Gasteiger partial charge in [-0.3, -0.25) is 4.79 Å². The first-order chi connectivity index (χ1) is 13.2. The van der Waals surface area contributed by atoms with Gasteiger partial charge in [0.05, 0.1) is 30.5 Å². The van der Waals surface area contributed by atoms with Gasteiger partial charge in [0.1, 0.15) is 5.75 Å². The van der Waals surface area contributed by atoms with Gasteiger partial charge in [-0.25, -0.2) is 4.79 Å². The van der Waals surface area contributed by atoms with Crippen molar-refractivity contribution in [3.05, 3.63) is 59.4 Å². The van der Waals surface area contributed by atoms with Crippen LogP contribution in [0.3, 0.4) is 0 Å². The van der Waals surface area contributed by atoms with Gasteiger partial charge in [0.25, 0.3) is 0 Å². The minimum Gasteiger partial charge on any atom is -0.496 e. The minimum absolute atomic E-state index is 0.256. The van der Waals surface area contributed by atoms with Crippen molar-refractivity contribution in [2.45, 2.75) is 26.7 Å². The predicted molar refractivity (Wildman–Crippen MR) is 105 cm³/mol. The second-order valence-electron chi connectivity index (χ2n) is 6.21. The number of pyridine rings is 1. The highest BCUT2D eigenvalue weighted by Gasteiger charge is 2.27. The van der Waals surface area contributed by atoms with Crippen LogP contribution in [0.2, 0.25) is 0 Å². The first kappa shape index (κ1) is 18.7. The fraction of sp³-hybridized carbons (Fsp3) is 0.273. The molecule has 0 spiro atoms. The third-order valence-corrected chi connectivity index (χ3v) is 4.54. The maximum absolute atomic E-state index is 12.8. The molecular weight excluding hydrogens is 342 g/mol. The summed E-state index contributed by atoms with van der Waals surface area (Å²) in [4.78, 5) is 24.8. The number of hydrogen-bond donors (Lipinski definition) is 0. The first-order valence-corrected chi connectivity index (χ1v) is 9.08. The van der Waals surface area contributed by atoms with Crippen molar-refractivity contribution >= 4 is 17.8 Å². The Hall–Kier alpha value is -3.08. The quantitative estimate of drug-likeness (QED) is 0.455. The number of carbonyl (C=O) groups excluding carboxylic acids is 2. The highest BCUT2D eigenvalue weighted by Crippen LogP contribution is 2.39. The molecular formula is C22H23NO4. The zero-order chi connectivity index (χ0) is 19.4. The fourth-order valence-electron chi connectivity index (χ4n) is 3.43. The fourth-order valence-corrected chi connectivity index (χ4v) is 3.43. The normalized spacial score (nSPS) is 10.8. The van der Waals surface area contributed by atoms with Gasteiger partial charge >= 0.3 is 5.97 Å². The van der Waals surface area contributed by atoms with Crippen LogP contribution in [0.15, 0.2) is 42.6 Å². The molecule has 0 saturated carbocycles. The maximum Gasteiger partial charge on any atom is 0.340 e. The minimum atomic E-state index is -0.452. The number of nitrogens with zero attached hydrogens (tertiary/aromatic N) is 1. The SMILES string of the molecule is CCCc1ccc(OC)c(-c2c(C(=O)OCC)c3ccccn3c2C=O)c1. The monoisotopic (exact) mass is 365 g/mol. The lowest BCUT2D eigenvalue weighted by Gasteiger charge is -2.12. The van der Waals surface area contributed by atoms with Crippen molar-refractivity contribution in [3.8, 4) is 16.9 Å². The molecule has 0 aliphatic heterocycles. The van der Waals surface area contributed by atoms with Crippen molar-refractivity contribution in [3.63, 3.8) is 0 Å². The maximum atomic E-state index is 12.8. The smallest absolute Gasteiger partial charge is 0.340 e. The van der Waals surface area contributed by atoms with Gasteiger partial charge in [0.15, 0.2) is 6.29 Å². The number of carbonyl (C=O) groups is 2. The van der Waals surface area contributed by atoms with Crippen molar-refractivity contribution in [2.24, 2.45) is 0 Å². The molecule has 0 N–H and O–H groups in total. The van der Waals surface area contributed by atoms with E-state index < -0.39 is 5.97 Å². The lowest BCUT2D eigenvalue weighted by Crippen LogP contribution is -2.06. The summed E-state index contributed by atoms with van der Waals surface area (Å²) in [6, 6.07) is 11.3. The zero-order valence-electron chi connectivity index (χ0n) is 15.8. The van der Waals surface area contributed by atoms with Crippen LogP contribution in [0.1, 0.15) is 46.7 Å². The predicted octanol–water partition coefficient (Wildman–Crippen LogP) is 4.56. The highest BCUT2D eigenvalue weighted by atomic mass is 16.5. The number of rotatable bonds is 7. The molecule has 140 valence electrons. The summed E-state index contributed by atoms with van der Waals surface area (Å²) < 4.78 is 12.6. The van der Waals surface area contributed by atoms with Crippen LogP contribution in [0, 0.1) is 0 Å². The second kappa shape index (κ2) is 8.08. The Balaban J connectivity index is 2.40. The molecule has 2 aromatic heterocycles. The van der Waals surface area contributed by atoms with Crippen molar-refractivity contribution in [1.82, 2.24) is 4.40 Å². The Morgan fingerprint density at radius 3 is 2.67 bits per heavy atom. The van der Waals surface area contributed by atoms with Gasteiger partial charge in [0.2, 0.25) is 0 Å². The van der Waals surface area contributed by atoms with E-state index in [9.17, 15) is 9.59 Å². The Morgan fingerprint density at radius 2 is 2.00 bits per heavy atom. The summed E-state index contributed by atoms with van der Waals surface area (Å²) in [5.74, 6) is 0.159. The van der Waals surface area contributed by atoms with Gasteiger partial charge in [-0.05, 0) is 43.2 Å². The van der Waals surface area contributed by atoms with Crippen LogP contribution in [0.4, 0.5) is 0 Å². The average Bonchev–Trinajstić information content (AvgIpc) is 3.02. The van der Waals surface area contributed by atoms with Crippen molar-refractivity contribution < 1.29 is 19.1 Å². The van der Waals surface area contributed by atoms with Gasteiger partial charge < -0.3 is 13.9 Å². The zero-order valence-corrected chi connectivity index (χ0v) is 15.8. The lowest BCUT2D eigenvalue weighted by atomic mass is 9.96. The Labute approximate surface area is 158 Å². The summed E-state index contributed by atoms with van der Waals surface area (Å²) in [6.45, 7) is 4.13. The van der Waals surface area contributed by atoms with Crippen LogP contribution in [0.5, 0.6) is 5.75 Å². The Bertz CT molecular complexity index is 987. The molecule has 0 saturated heterocycles. The van der Waals surface area contributed by atoms with Gasteiger partial charge in [-0.1, -0.05) is 25.5 Å². The van der Waals surface area contributed by atoms with Crippen LogP contribution in [-0.2, 0) is 11.2 Å². The molecule has 0 atom stereocenters. The summed E-state index contributed by atoms with van der Waals surface area (Å²) in [5.41, 5.74) is 3.81. The Morgan fingerprint density at radius 1 is 1.19 bits per heavy atom.